The fraction of sp³-hybridized carbons (Fsp3) is 0.941. The molecule has 0 aliphatic heterocycles. The summed E-state index contributed by atoms with van der Waals surface area (Å²) in [5.41, 5.74) is 0. The molecule has 676 valence electrons. The number of carbonyl (C=O) groups is 6. The summed E-state index contributed by atoms with van der Waals surface area (Å²) in [4.78, 5) is 75.7. The quantitative estimate of drug-likeness (QED) is 0.0323. The van der Waals surface area contributed by atoms with Crippen LogP contribution in [0, 0.1) is 0 Å². The average Bonchev–Trinajstić information content (AvgIpc) is 0.947. The fourth-order valence-electron chi connectivity index (χ4n) is 15.5. The van der Waals surface area contributed by atoms with Gasteiger partial charge in [-0.3, -0.25) is 28.8 Å². The monoisotopic (exact) mass is 1610 g/mol. The number of hydrogen-bond donors (Lipinski definition) is 0. The van der Waals surface area contributed by atoms with E-state index in [4.69, 9.17) is 28.4 Å². The van der Waals surface area contributed by atoms with Gasteiger partial charge in [0.25, 0.3) is 0 Å². The van der Waals surface area contributed by atoms with E-state index in [1.54, 1.807) is 0 Å². The van der Waals surface area contributed by atoms with E-state index in [0.717, 1.165) is 116 Å². The average molecular weight is 1610 g/mol. The van der Waals surface area contributed by atoms with Gasteiger partial charge < -0.3 is 28.4 Å². The maximum Gasteiger partial charge on any atom is 0.306 e. The van der Waals surface area contributed by atoms with E-state index in [2.05, 4.69) is 41.5 Å². The molecule has 0 aliphatic carbocycles. The minimum Gasteiger partial charge on any atom is -0.462 e. The van der Waals surface area contributed by atoms with Gasteiger partial charge in [-0.2, -0.15) is 0 Å². The van der Waals surface area contributed by atoms with Crippen LogP contribution in [0.5, 0.6) is 0 Å². The van der Waals surface area contributed by atoms with E-state index in [0.29, 0.717) is 38.5 Å². The molecule has 0 rings (SSSR count). The SMILES string of the molecule is CCCCCCCCCCCCCCCC(=O)OCC(COC(=O)CCCCCCCCCCCCC)OC(=O)CCCCCCCCCCCCC.CCCCCCCCCCCCCCCCCC(=O)OCC(COC(=O)CCCCCCCCCCCCCCC)OC(=O)CCCCCCCCCCCCCCCCC. The first-order chi connectivity index (χ1) is 56.1. The van der Waals surface area contributed by atoms with Gasteiger partial charge in [0.05, 0.1) is 0 Å². The van der Waals surface area contributed by atoms with Crippen LogP contribution in [0.2, 0.25) is 0 Å². The summed E-state index contributed by atoms with van der Waals surface area (Å²) >= 11 is 0. The van der Waals surface area contributed by atoms with E-state index >= 15 is 0 Å². The van der Waals surface area contributed by atoms with Crippen molar-refractivity contribution >= 4 is 35.8 Å². The molecule has 0 heterocycles. The Morgan fingerprint density at radius 1 is 0.140 bits per heavy atom. The van der Waals surface area contributed by atoms with Crippen LogP contribution in [0.25, 0.3) is 0 Å². The Labute approximate surface area is 708 Å². The Morgan fingerprint density at radius 2 is 0.237 bits per heavy atom. The number of ether oxygens (including phenoxy) is 6. The topological polar surface area (TPSA) is 158 Å². The summed E-state index contributed by atoms with van der Waals surface area (Å²) < 4.78 is 33.6. The largest absolute Gasteiger partial charge is 0.462 e. The second kappa shape index (κ2) is 98.6. The molecule has 0 aromatic heterocycles. The molecule has 0 aliphatic rings. The molecule has 0 spiro atoms. The van der Waals surface area contributed by atoms with Gasteiger partial charge in [-0.25, -0.2) is 0 Å². The van der Waals surface area contributed by atoms with Crippen molar-refractivity contribution in [2.45, 2.75) is 593 Å². The number of hydrogen-bond acceptors (Lipinski definition) is 12. The van der Waals surface area contributed by atoms with Crippen molar-refractivity contribution in [3.05, 3.63) is 0 Å². The van der Waals surface area contributed by atoms with Crippen molar-refractivity contribution in [3.63, 3.8) is 0 Å². The lowest BCUT2D eigenvalue weighted by Crippen LogP contribution is -2.30. The van der Waals surface area contributed by atoms with Crippen LogP contribution in [-0.2, 0) is 57.2 Å². The first kappa shape index (κ1) is 113. The standard InChI is InChI=1S/C55H106O6.C47H90O6/c1-4-7-10-13-16-19-22-25-27-30-33-36-39-42-45-48-54(57)60-51-52(50-59-53(56)47-44-41-38-35-32-29-24-21-18-15-12-9-6-3)61-55(58)49-46-43-40-37-34-31-28-26-23-20-17-14-11-8-5-2;1-4-7-10-13-16-19-22-23-26-28-31-34-37-40-46(49)52-43-44(53-47(50)41-38-35-32-29-25-21-18-15-12-9-6-3)42-51-45(48)39-36-33-30-27-24-20-17-14-11-8-5-2/h52H,4-51H2,1-3H3;44H,4-43H2,1-3H3. The number of unbranched alkanes of at least 4 members (excludes halogenated alkanes) is 72. The highest BCUT2D eigenvalue weighted by Crippen LogP contribution is 2.22. The molecule has 0 radical (unpaired) electrons. The Kier molecular flexibility index (Phi) is 97.7. The van der Waals surface area contributed by atoms with Crippen molar-refractivity contribution in [1.29, 1.82) is 0 Å². The molecule has 114 heavy (non-hydrogen) atoms. The van der Waals surface area contributed by atoms with Crippen molar-refractivity contribution in [1.82, 2.24) is 0 Å². The first-order valence-electron chi connectivity index (χ1n) is 51.1. The van der Waals surface area contributed by atoms with Crippen molar-refractivity contribution in [2.24, 2.45) is 0 Å². The van der Waals surface area contributed by atoms with Crippen LogP contribution in [0.1, 0.15) is 581 Å². The van der Waals surface area contributed by atoms with Gasteiger partial charge in [0.1, 0.15) is 26.4 Å². The molecule has 0 saturated heterocycles. The van der Waals surface area contributed by atoms with Gasteiger partial charge in [0.2, 0.25) is 0 Å². The second-order valence-electron chi connectivity index (χ2n) is 34.9. The van der Waals surface area contributed by atoms with Crippen molar-refractivity contribution in [2.75, 3.05) is 26.4 Å². The molecule has 12 nitrogen and oxygen atoms in total. The molecule has 0 N–H and O–H groups in total. The third-order valence-electron chi connectivity index (χ3n) is 23.2. The highest BCUT2D eigenvalue weighted by atomic mass is 16.6. The van der Waals surface area contributed by atoms with E-state index in [1.165, 1.54) is 385 Å². The minimum atomic E-state index is -0.760. The smallest absolute Gasteiger partial charge is 0.306 e. The highest BCUT2D eigenvalue weighted by Gasteiger charge is 2.22. The van der Waals surface area contributed by atoms with Gasteiger partial charge >= 0.3 is 35.8 Å². The Bertz CT molecular complexity index is 1960. The van der Waals surface area contributed by atoms with E-state index < -0.39 is 12.2 Å². The summed E-state index contributed by atoms with van der Waals surface area (Å²) in [6.45, 7) is 13.3. The van der Waals surface area contributed by atoms with Crippen LogP contribution in [-0.4, -0.2) is 74.5 Å². The molecule has 2 atom stereocenters. The molecule has 0 amide bonds. The van der Waals surface area contributed by atoms with E-state index in [1.807, 2.05) is 0 Å². The summed E-state index contributed by atoms with van der Waals surface area (Å²) in [5, 5.41) is 0. The zero-order valence-electron chi connectivity index (χ0n) is 77.3. The molecule has 12 heteroatoms. The molecule has 0 bridgehead atoms. The number of rotatable bonds is 94. The zero-order chi connectivity index (χ0) is 83.1. The molecule has 0 aromatic rings. The Balaban J connectivity index is 0. The van der Waals surface area contributed by atoms with Crippen LogP contribution >= 0.6 is 0 Å². The maximum absolute atomic E-state index is 12.8. The van der Waals surface area contributed by atoms with Crippen LogP contribution in [0.4, 0.5) is 0 Å². The molecule has 0 saturated carbocycles. The predicted molar refractivity (Wildman–Crippen MR) is 485 cm³/mol. The van der Waals surface area contributed by atoms with Crippen molar-refractivity contribution in [3.8, 4) is 0 Å². The first-order valence-corrected chi connectivity index (χ1v) is 51.1. The minimum absolute atomic E-state index is 0.0613. The zero-order valence-corrected chi connectivity index (χ0v) is 77.3. The Morgan fingerprint density at radius 3 is 0.351 bits per heavy atom. The van der Waals surface area contributed by atoms with Gasteiger partial charge in [0.15, 0.2) is 12.2 Å². The summed E-state index contributed by atoms with van der Waals surface area (Å²) in [6.07, 6.45) is 98.7. The predicted octanol–water partition coefficient (Wildman–Crippen LogP) is 32.9. The molecule has 2 unspecified atom stereocenters. The van der Waals surface area contributed by atoms with Gasteiger partial charge in [-0.1, -0.05) is 504 Å². The summed E-state index contributed by atoms with van der Waals surface area (Å²) in [7, 11) is 0. The van der Waals surface area contributed by atoms with Gasteiger partial charge in [-0.05, 0) is 38.5 Å². The van der Waals surface area contributed by atoms with Crippen molar-refractivity contribution < 1.29 is 57.2 Å². The molecule has 0 aromatic carbocycles. The van der Waals surface area contributed by atoms with Crippen LogP contribution in [0.15, 0.2) is 0 Å². The van der Waals surface area contributed by atoms with Crippen LogP contribution < -0.4 is 0 Å². The van der Waals surface area contributed by atoms with Gasteiger partial charge in [0, 0.05) is 38.5 Å². The summed E-state index contributed by atoms with van der Waals surface area (Å²) in [6, 6.07) is 0. The maximum atomic E-state index is 12.8. The lowest BCUT2D eigenvalue weighted by Gasteiger charge is -2.18. The number of carbonyl (C=O) groups excluding carboxylic acids is 6. The molecular weight excluding hydrogens is 1420 g/mol. The lowest BCUT2D eigenvalue weighted by molar-refractivity contribution is -0.167. The van der Waals surface area contributed by atoms with E-state index in [-0.39, 0.29) is 62.2 Å². The third-order valence-corrected chi connectivity index (χ3v) is 23.2. The lowest BCUT2D eigenvalue weighted by atomic mass is 10.0. The number of esters is 6. The van der Waals surface area contributed by atoms with E-state index in [9.17, 15) is 28.8 Å². The fourth-order valence-corrected chi connectivity index (χ4v) is 15.5. The molecule has 0 fully saturated rings. The normalized spacial score (nSPS) is 11.8. The van der Waals surface area contributed by atoms with Gasteiger partial charge in [-0.15, -0.1) is 0 Å². The Hall–Kier alpha value is -3.18. The molecular formula is C102H196O12. The third kappa shape index (κ3) is 96.0. The van der Waals surface area contributed by atoms with Crippen LogP contribution in [0.3, 0.4) is 0 Å². The highest BCUT2D eigenvalue weighted by molar-refractivity contribution is 5.72. The summed E-state index contributed by atoms with van der Waals surface area (Å²) in [5.74, 6) is -1.69. The second-order valence-corrected chi connectivity index (χ2v) is 34.9.